The number of rotatable bonds is 4. The fourth-order valence-corrected chi connectivity index (χ4v) is 5.88. The minimum atomic E-state index is -0.501. The zero-order valence-electron chi connectivity index (χ0n) is 26.1. The van der Waals surface area contributed by atoms with Gasteiger partial charge in [0.1, 0.15) is 11.8 Å². The number of phenols is 1. The number of aromatic hydroxyl groups is 1. The molecular formula is C35H50N4O3. The van der Waals surface area contributed by atoms with Gasteiger partial charge < -0.3 is 26.0 Å². The minimum absolute atomic E-state index is 0.0508. The predicted octanol–water partition coefficient (Wildman–Crippen LogP) is 4.73. The van der Waals surface area contributed by atoms with E-state index >= 15 is 0 Å². The Hall–Kier alpha value is -3.32. The van der Waals surface area contributed by atoms with Crippen molar-refractivity contribution in [1.29, 1.82) is 0 Å². The number of hydrogen-bond donors (Lipinski definition) is 4. The van der Waals surface area contributed by atoms with E-state index in [0.717, 1.165) is 56.3 Å². The third-order valence-corrected chi connectivity index (χ3v) is 9.02. The lowest BCUT2D eigenvalue weighted by Gasteiger charge is -2.35. The Morgan fingerprint density at radius 1 is 1.00 bits per heavy atom. The number of hydrogen-bond acceptors (Lipinski definition) is 5. The number of likely N-dealkylation sites (N-methyl/N-ethyl adjacent to an activating group) is 1. The second-order valence-electron chi connectivity index (χ2n) is 12.5. The molecule has 2 aromatic rings. The summed E-state index contributed by atoms with van der Waals surface area (Å²) in [5.41, 5.74) is 5.88. The van der Waals surface area contributed by atoms with Gasteiger partial charge in [-0.25, -0.2) is 0 Å². The van der Waals surface area contributed by atoms with Gasteiger partial charge in [0, 0.05) is 25.7 Å². The number of phenolic OH excluding ortho intramolecular Hbond substituents is 1. The second kappa shape index (κ2) is 14.7. The highest BCUT2D eigenvalue weighted by molar-refractivity contribution is 5.83. The minimum Gasteiger partial charge on any atom is -0.508 e. The highest BCUT2D eigenvalue weighted by atomic mass is 16.3. The summed E-state index contributed by atoms with van der Waals surface area (Å²) >= 11 is 0. The summed E-state index contributed by atoms with van der Waals surface area (Å²) in [5, 5.41) is 20.2. The molecule has 4 N–H and O–H groups in total. The molecule has 0 aromatic heterocycles. The van der Waals surface area contributed by atoms with E-state index in [1.165, 1.54) is 16.7 Å². The molecule has 1 fully saturated rings. The number of aryl methyl sites for hydroxylation is 1. The molecular weight excluding hydrogens is 524 g/mol. The highest BCUT2D eigenvalue weighted by Crippen LogP contribution is 2.33. The van der Waals surface area contributed by atoms with Crippen LogP contribution in [0, 0.1) is 11.8 Å². The van der Waals surface area contributed by atoms with Crippen LogP contribution in [-0.4, -0.2) is 60.1 Å². The lowest BCUT2D eigenvalue weighted by Crippen LogP contribution is -2.54. The molecule has 7 heteroatoms. The third kappa shape index (κ3) is 8.37. The molecule has 2 aliphatic rings. The van der Waals surface area contributed by atoms with Crippen molar-refractivity contribution in [3.63, 3.8) is 0 Å². The van der Waals surface area contributed by atoms with E-state index in [0.29, 0.717) is 18.9 Å². The summed E-state index contributed by atoms with van der Waals surface area (Å²) in [5.74, 6) is 0.805. The molecule has 1 heterocycles. The highest BCUT2D eigenvalue weighted by Gasteiger charge is 2.34. The molecule has 0 bridgehead atoms. The molecule has 1 aliphatic carbocycles. The number of carbonyl (C=O) groups excluding carboxylic acids is 2. The third-order valence-electron chi connectivity index (χ3n) is 9.02. The topological polar surface area (TPSA) is 93.7 Å². The fraction of sp³-hybridized carbons (Fsp3) is 0.543. The lowest BCUT2D eigenvalue weighted by atomic mass is 9.93. The van der Waals surface area contributed by atoms with Gasteiger partial charge in [-0.15, -0.1) is 0 Å². The van der Waals surface area contributed by atoms with Crippen LogP contribution in [0.5, 0.6) is 5.75 Å². The molecule has 7 nitrogen and oxygen atoms in total. The van der Waals surface area contributed by atoms with Crippen LogP contribution in [0.3, 0.4) is 0 Å². The van der Waals surface area contributed by atoms with Gasteiger partial charge in [0.15, 0.2) is 0 Å². The number of nitrogens with one attached hydrogen (secondary N) is 3. The SMILES string of the molecule is CCC(C)[C@@H]1NC[C@@H](C)Cc2ccccc2CCCNC(=O)[C@@H](Cc2ccc(O)cc2)NC(=C2CC2)[C@@H](C)N(C)C1=O. The van der Waals surface area contributed by atoms with Crippen LogP contribution in [0.25, 0.3) is 0 Å². The van der Waals surface area contributed by atoms with Crippen molar-refractivity contribution in [2.24, 2.45) is 11.8 Å². The molecule has 228 valence electrons. The van der Waals surface area contributed by atoms with Crippen molar-refractivity contribution in [3.05, 3.63) is 76.5 Å². The Kier molecular flexibility index (Phi) is 11.1. The van der Waals surface area contributed by atoms with Crippen molar-refractivity contribution in [3.8, 4) is 5.75 Å². The number of benzene rings is 2. The fourth-order valence-electron chi connectivity index (χ4n) is 5.88. The first-order valence-electron chi connectivity index (χ1n) is 15.8. The molecule has 2 amide bonds. The van der Waals surface area contributed by atoms with Crippen LogP contribution >= 0.6 is 0 Å². The van der Waals surface area contributed by atoms with Gasteiger partial charge in [-0.2, -0.15) is 0 Å². The Labute approximate surface area is 252 Å². The van der Waals surface area contributed by atoms with E-state index in [4.69, 9.17) is 0 Å². The standard InChI is InChI=1S/C35H50N4O3/c1-6-24(3)32-35(42)39(5)25(4)33(28-15-16-28)38-31(21-26-13-17-30(40)18-14-26)34(41)36-19-9-12-27-10-7-8-11-29(27)20-23(2)22-37-32/h7-8,10-11,13-14,17-18,23-25,31-32,37-38,40H,6,9,12,15-16,19-22H2,1-5H3,(H,36,41)/t23-,24?,25+,31+,32-/m0/s1. The quantitative estimate of drug-likeness (QED) is 0.424. The number of nitrogens with zero attached hydrogens (tertiary/aromatic N) is 1. The van der Waals surface area contributed by atoms with E-state index in [-0.39, 0.29) is 35.6 Å². The monoisotopic (exact) mass is 574 g/mol. The maximum atomic E-state index is 14.0. The van der Waals surface area contributed by atoms with Crippen LogP contribution in [-0.2, 0) is 28.9 Å². The predicted molar refractivity (Wildman–Crippen MR) is 169 cm³/mol. The van der Waals surface area contributed by atoms with Crippen LogP contribution in [0.4, 0.5) is 0 Å². The Morgan fingerprint density at radius 3 is 2.36 bits per heavy atom. The Morgan fingerprint density at radius 2 is 1.69 bits per heavy atom. The maximum Gasteiger partial charge on any atom is 0.242 e. The number of allylic oxidation sites excluding steroid dienone is 1. The first-order valence-corrected chi connectivity index (χ1v) is 15.8. The zero-order valence-corrected chi connectivity index (χ0v) is 26.1. The molecule has 1 aliphatic heterocycles. The number of amides is 2. The summed E-state index contributed by atoms with van der Waals surface area (Å²) < 4.78 is 0. The molecule has 42 heavy (non-hydrogen) atoms. The van der Waals surface area contributed by atoms with Gasteiger partial charge in [-0.3, -0.25) is 9.59 Å². The van der Waals surface area contributed by atoms with Gasteiger partial charge in [0.05, 0.1) is 12.1 Å². The van der Waals surface area contributed by atoms with E-state index in [1.54, 1.807) is 12.1 Å². The molecule has 1 saturated carbocycles. The molecule has 2 aromatic carbocycles. The summed E-state index contributed by atoms with van der Waals surface area (Å²) in [6.07, 6.45) is 6.04. The molecule has 0 spiro atoms. The van der Waals surface area contributed by atoms with E-state index in [1.807, 2.05) is 24.1 Å². The molecule has 1 unspecified atom stereocenters. The van der Waals surface area contributed by atoms with Crippen molar-refractivity contribution >= 4 is 11.8 Å². The van der Waals surface area contributed by atoms with Gasteiger partial charge in [0.25, 0.3) is 0 Å². The van der Waals surface area contributed by atoms with Crippen LogP contribution in [0.1, 0.15) is 70.1 Å². The second-order valence-corrected chi connectivity index (χ2v) is 12.5. The molecule has 0 radical (unpaired) electrons. The summed E-state index contributed by atoms with van der Waals surface area (Å²) in [7, 11) is 1.89. The zero-order chi connectivity index (χ0) is 30.2. The van der Waals surface area contributed by atoms with Gasteiger partial charge in [-0.05, 0) is 91.8 Å². The van der Waals surface area contributed by atoms with E-state index < -0.39 is 6.04 Å². The van der Waals surface area contributed by atoms with Gasteiger partial charge >= 0.3 is 0 Å². The van der Waals surface area contributed by atoms with Crippen molar-refractivity contribution in [2.45, 2.75) is 90.8 Å². The van der Waals surface area contributed by atoms with Crippen LogP contribution in [0.2, 0.25) is 0 Å². The maximum absolute atomic E-state index is 14.0. The average Bonchev–Trinajstić information content (AvgIpc) is 3.83. The number of fused-ring (bicyclic) bond motifs is 1. The molecule has 4 rings (SSSR count). The summed E-state index contributed by atoms with van der Waals surface area (Å²) in [4.78, 5) is 29.5. The van der Waals surface area contributed by atoms with Gasteiger partial charge in [0.2, 0.25) is 11.8 Å². The first-order chi connectivity index (χ1) is 20.2. The molecule has 5 atom stereocenters. The number of carbonyl (C=O) groups is 2. The van der Waals surface area contributed by atoms with Crippen LogP contribution in [0.15, 0.2) is 59.8 Å². The van der Waals surface area contributed by atoms with Crippen molar-refractivity contribution in [2.75, 3.05) is 20.1 Å². The smallest absolute Gasteiger partial charge is 0.242 e. The van der Waals surface area contributed by atoms with E-state index in [2.05, 4.69) is 67.9 Å². The summed E-state index contributed by atoms with van der Waals surface area (Å²) in [6, 6.07) is 14.7. The Balaban J connectivity index is 1.64. The summed E-state index contributed by atoms with van der Waals surface area (Å²) in [6.45, 7) is 9.96. The first kappa shape index (κ1) is 31.6. The van der Waals surface area contributed by atoms with Gasteiger partial charge in [-0.1, -0.05) is 63.6 Å². The molecule has 0 saturated heterocycles. The average molecular weight is 575 g/mol. The largest absolute Gasteiger partial charge is 0.508 e. The van der Waals surface area contributed by atoms with Crippen LogP contribution < -0.4 is 16.0 Å². The van der Waals surface area contributed by atoms with Crippen molar-refractivity contribution in [1.82, 2.24) is 20.9 Å². The lowest BCUT2D eigenvalue weighted by molar-refractivity contribution is -0.134. The van der Waals surface area contributed by atoms with E-state index in [9.17, 15) is 14.7 Å². The Bertz CT molecular complexity index is 1240. The van der Waals surface area contributed by atoms with Crippen molar-refractivity contribution < 1.29 is 14.7 Å². The normalized spacial score (nSPS) is 25.5.